The molecule has 19 heavy (non-hydrogen) atoms. The van der Waals surface area contributed by atoms with Crippen molar-refractivity contribution in [3.05, 3.63) is 0 Å². The second kappa shape index (κ2) is 5.46. The Labute approximate surface area is 111 Å². The fourth-order valence-electron chi connectivity index (χ4n) is 2.90. The maximum atomic E-state index is 12.4. The van der Waals surface area contributed by atoms with Crippen molar-refractivity contribution in [3.8, 4) is 0 Å². The van der Waals surface area contributed by atoms with Gasteiger partial charge < -0.3 is 20.6 Å². The first-order valence-electron chi connectivity index (χ1n) is 6.58. The average Bonchev–Trinajstić information content (AvgIpc) is 2.87. The number of piperidine rings is 1. The number of nitrogens with two attached hydrogens (primary N) is 1. The summed E-state index contributed by atoms with van der Waals surface area (Å²) in [4.78, 5) is 37.5. The molecule has 0 aromatic carbocycles. The summed E-state index contributed by atoms with van der Waals surface area (Å²) in [7, 11) is 0. The van der Waals surface area contributed by atoms with E-state index in [1.165, 1.54) is 9.80 Å². The highest BCUT2D eigenvalue weighted by Gasteiger charge is 2.38. The van der Waals surface area contributed by atoms with Crippen LogP contribution < -0.4 is 5.73 Å². The van der Waals surface area contributed by atoms with E-state index < -0.39 is 18.0 Å². The van der Waals surface area contributed by atoms with Gasteiger partial charge >= 0.3 is 12.0 Å². The van der Waals surface area contributed by atoms with Crippen molar-refractivity contribution in [2.24, 2.45) is 11.7 Å². The molecule has 2 heterocycles. The lowest BCUT2D eigenvalue weighted by Gasteiger charge is -2.34. The van der Waals surface area contributed by atoms with Gasteiger partial charge in [0.2, 0.25) is 5.91 Å². The normalized spacial score (nSPS) is 27.4. The number of nitrogens with zero attached hydrogens (tertiary/aromatic N) is 2. The second-order valence-electron chi connectivity index (χ2n) is 5.15. The number of carbonyl (C=O) groups is 3. The summed E-state index contributed by atoms with van der Waals surface area (Å²) >= 11 is 0. The van der Waals surface area contributed by atoms with Crippen molar-refractivity contribution in [1.29, 1.82) is 0 Å². The molecule has 2 rings (SSSR count). The minimum Gasteiger partial charge on any atom is -0.480 e. The topological polar surface area (TPSA) is 104 Å². The first kappa shape index (κ1) is 13.6. The van der Waals surface area contributed by atoms with E-state index >= 15 is 0 Å². The molecule has 7 heteroatoms. The van der Waals surface area contributed by atoms with Crippen LogP contribution in [0.3, 0.4) is 0 Å². The van der Waals surface area contributed by atoms with Crippen LogP contribution in [-0.2, 0) is 9.59 Å². The van der Waals surface area contributed by atoms with E-state index in [0.29, 0.717) is 32.5 Å². The number of amides is 3. The van der Waals surface area contributed by atoms with Gasteiger partial charge in [0.05, 0.1) is 5.92 Å². The van der Waals surface area contributed by atoms with Crippen molar-refractivity contribution in [1.82, 2.24) is 9.80 Å². The molecule has 1 unspecified atom stereocenters. The average molecular weight is 269 g/mol. The third-order valence-corrected chi connectivity index (χ3v) is 3.90. The zero-order valence-corrected chi connectivity index (χ0v) is 10.7. The minimum atomic E-state index is -0.951. The maximum Gasteiger partial charge on any atom is 0.326 e. The molecule has 2 atom stereocenters. The van der Waals surface area contributed by atoms with E-state index in [-0.39, 0.29) is 11.8 Å². The quantitative estimate of drug-likeness (QED) is 0.727. The number of aliphatic carboxylic acids is 1. The summed E-state index contributed by atoms with van der Waals surface area (Å²) in [5.74, 6) is -1.43. The summed E-state index contributed by atoms with van der Waals surface area (Å²) in [6.45, 7) is 1.36. The largest absolute Gasteiger partial charge is 0.480 e. The Hall–Kier alpha value is -1.79. The Bertz CT molecular complexity index is 398. The number of carboxylic acid groups (broad SMARTS) is 1. The summed E-state index contributed by atoms with van der Waals surface area (Å²) in [5, 5.41) is 9.09. The minimum absolute atomic E-state index is 0.157. The number of primary amides is 1. The third kappa shape index (κ3) is 2.80. The van der Waals surface area contributed by atoms with Crippen LogP contribution in [0, 0.1) is 5.92 Å². The lowest BCUT2D eigenvalue weighted by Crippen LogP contribution is -2.50. The van der Waals surface area contributed by atoms with Gasteiger partial charge in [-0.2, -0.15) is 0 Å². The van der Waals surface area contributed by atoms with Crippen LogP contribution in [0.1, 0.15) is 25.7 Å². The Kier molecular flexibility index (Phi) is 3.92. The molecular formula is C12H19N3O4. The maximum absolute atomic E-state index is 12.4. The van der Waals surface area contributed by atoms with Crippen LogP contribution in [0.2, 0.25) is 0 Å². The van der Waals surface area contributed by atoms with Crippen molar-refractivity contribution in [2.45, 2.75) is 31.7 Å². The fraction of sp³-hybridized carbons (Fsp3) is 0.750. The SMILES string of the molecule is NC(=O)N1CCCC(C(=O)N2CCC[C@@H]2C(=O)O)C1. The first-order chi connectivity index (χ1) is 9.00. The van der Waals surface area contributed by atoms with Crippen molar-refractivity contribution >= 4 is 17.9 Å². The molecule has 0 aliphatic carbocycles. The summed E-state index contributed by atoms with van der Waals surface area (Å²) < 4.78 is 0. The highest BCUT2D eigenvalue weighted by Crippen LogP contribution is 2.24. The summed E-state index contributed by atoms with van der Waals surface area (Å²) in [5.41, 5.74) is 5.23. The van der Waals surface area contributed by atoms with Crippen LogP contribution >= 0.6 is 0 Å². The van der Waals surface area contributed by atoms with Gasteiger partial charge in [0.1, 0.15) is 6.04 Å². The van der Waals surface area contributed by atoms with Crippen LogP contribution in [-0.4, -0.2) is 58.5 Å². The zero-order valence-electron chi connectivity index (χ0n) is 10.7. The number of rotatable bonds is 2. The Morgan fingerprint density at radius 2 is 1.79 bits per heavy atom. The lowest BCUT2D eigenvalue weighted by atomic mass is 9.96. The molecule has 7 nitrogen and oxygen atoms in total. The van der Waals surface area contributed by atoms with Crippen LogP contribution in [0.25, 0.3) is 0 Å². The highest BCUT2D eigenvalue weighted by molar-refractivity contribution is 5.86. The molecule has 0 radical (unpaired) electrons. The van der Waals surface area contributed by atoms with Gasteiger partial charge in [-0.15, -0.1) is 0 Å². The monoisotopic (exact) mass is 269 g/mol. The molecule has 0 aromatic heterocycles. The molecule has 0 aromatic rings. The number of likely N-dealkylation sites (tertiary alicyclic amines) is 2. The summed E-state index contributed by atoms with van der Waals surface area (Å²) in [6.07, 6.45) is 2.64. The molecule has 2 aliphatic heterocycles. The Morgan fingerprint density at radius 3 is 2.42 bits per heavy atom. The third-order valence-electron chi connectivity index (χ3n) is 3.90. The molecule has 2 fully saturated rings. The number of urea groups is 1. The van der Waals surface area contributed by atoms with E-state index in [2.05, 4.69) is 0 Å². The molecule has 106 valence electrons. The van der Waals surface area contributed by atoms with Gasteiger partial charge in [0, 0.05) is 19.6 Å². The Balaban J connectivity index is 2.02. The zero-order chi connectivity index (χ0) is 14.0. The molecule has 2 aliphatic rings. The van der Waals surface area contributed by atoms with Gasteiger partial charge in [0.15, 0.2) is 0 Å². The van der Waals surface area contributed by atoms with E-state index in [9.17, 15) is 14.4 Å². The van der Waals surface area contributed by atoms with Crippen molar-refractivity contribution in [2.75, 3.05) is 19.6 Å². The van der Waals surface area contributed by atoms with Crippen LogP contribution in [0.5, 0.6) is 0 Å². The molecule has 3 amide bonds. The predicted octanol–water partition coefficient (Wildman–Crippen LogP) is -0.147. The molecule has 0 saturated carbocycles. The summed E-state index contributed by atoms with van der Waals surface area (Å²) in [6, 6.07) is -1.23. The van der Waals surface area contributed by atoms with Crippen LogP contribution in [0.15, 0.2) is 0 Å². The standard InChI is InChI=1S/C12H19N3O4/c13-12(19)14-5-1-3-8(7-14)10(16)15-6-2-4-9(15)11(17)18/h8-9H,1-7H2,(H2,13,19)(H,17,18)/t8?,9-/m1/s1. The van der Waals surface area contributed by atoms with Gasteiger partial charge in [-0.3, -0.25) is 4.79 Å². The van der Waals surface area contributed by atoms with Gasteiger partial charge in [-0.05, 0) is 25.7 Å². The number of carbonyl (C=O) groups excluding carboxylic acids is 2. The van der Waals surface area contributed by atoms with Gasteiger partial charge in [-0.1, -0.05) is 0 Å². The van der Waals surface area contributed by atoms with E-state index in [1.54, 1.807) is 0 Å². The second-order valence-corrected chi connectivity index (χ2v) is 5.15. The smallest absolute Gasteiger partial charge is 0.326 e. The van der Waals surface area contributed by atoms with Crippen molar-refractivity contribution < 1.29 is 19.5 Å². The number of hydrogen-bond acceptors (Lipinski definition) is 3. The van der Waals surface area contributed by atoms with E-state index in [1.807, 2.05) is 0 Å². The molecular weight excluding hydrogens is 250 g/mol. The van der Waals surface area contributed by atoms with Crippen LogP contribution in [0.4, 0.5) is 4.79 Å². The molecule has 0 bridgehead atoms. The van der Waals surface area contributed by atoms with E-state index in [0.717, 1.165) is 12.8 Å². The van der Waals surface area contributed by atoms with Crippen molar-refractivity contribution in [3.63, 3.8) is 0 Å². The molecule has 3 N–H and O–H groups in total. The predicted molar refractivity (Wildman–Crippen MR) is 66.3 cm³/mol. The Morgan fingerprint density at radius 1 is 1.11 bits per heavy atom. The van der Waals surface area contributed by atoms with Gasteiger partial charge in [-0.25, -0.2) is 9.59 Å². The first-order valence-corrected chi connectivity index (χ1v) is 6.58. The fourth-order valence-corrected chi connectivity index (χ4v) is 2.90. The molecule has 0 spiro atoms. The molecule has 2 saturated heterocycles. The number of carboxylic acids is 1. The highest BCUT2D eigenvalue weighted by atomic mass is 16.4. The van der Waals surface area contributed by atoms with E-state index in [4.69, 9.17) is 10.8 Å². The lowest BCUT2D eigenvalue weighted by molar-refractivity contribution is -0.150. The van der Waals surface area contributed by atoms with Gasteiger partial charge in [0.25, 0.3) is 0 Å². The number of hydrogen-bond donors (Lipinski definition) is 2.